The van der Waals surface area contributed by atoms with Crippen molar-refractivity contribution in [3.8, 4) is 0 Å². The minimum absolute atomic E-state index is 0.0638. The molecule has 1 N–H and O–H groups in total. The monoisotopic (exact) mass is 308 g/mol. The molecule has 1 atom stereocenters. The Balaban J connectivity index is 1.41. The molecule has 1 unspecified atom stereocenters. The van der Waals surface area contributed by atoms with E-state index in [0.717, 1.165) is 38.6 Å². The SMILES string of the molecule is CC1(C)CN(C(=O)NC2COC3(CC3)C2)CC2(CCCC2)O1. The van der Waals surface area contributed by atoms with Gasteiger partial charge in [0, 0.05) is 0 Å². The molecule has 5 nitrogen and oxygen atoms in total. The van der Waals surface area contributed by atoms with Crippen molar-refractivity contribution >= 4 is 6.03 Å². The van der Waals surface area contributed by atoms with Crippen LogP contribution in [0.4, 0.5) is 4.79 Å². The predicted molar refractivity (Wildman–Crippen MR) is 82.8 cm³/mol. The summed E-state index contributed by atoms with van der Waals surface area (Å²) in [5, 5.41) is 3.19. The van der Waals surface area contributed by atoms with Gasteiger partial charge in [-0.1, -0.05) is 12.8 Å². The van der Waals surface area contributed by atoms with Gasteiger partial charge in [0.2, 0.25) is 0 Å². The van der Waals surface area contributed by atoms with Gasteiger partial charge in [-0.3, -0.25) is 0 Å². The predicted octanol–water partition coefficient (Wildman–Crippen LogP) is 2.44. The van der Waals surface area contributed by atoms with Gasteiger partial charge in [-0.05, 0) is 46.0 Å². The average Bonchev–Trinajstić information content (AvgIpc) is 2.85. The van der Waals surface area contributed by atoms with Crippen molar-refractivity contribution in [2.75, 3.05) is 19.7 Å². The van der Waals surface area contributed by atoms with E-state index in [2.05, 4.69) is 19.2 Å². The summed E-state index contributed by atoms with van der Waals surface area (Å²) in [5.74, 6) is 0. The van der Waals surface area contributed by atoms with Crippen LogP contribution in [0.25, 0.3) is 0 Å². The number of urea groups is 1. The van der Waals surface area contributed by atoms with Crippen molar-refractivity contribution in [2.45, 2.75) is 81.6 Å². The van der Waals surface area contributed by atoms with Crippen molar-refractivity contribution in [1.82, 2.24) is 10.2 Å². The third-order valence-electron chi connectivity index (χ3n) is 5.69. The maximum Gasteiger partial charge on any atom is 0.317 e. The molecule has 2 amide bonds. The average molecular weight is 308 g/mol. The molecule has 0 aromatic heterocycles. The fourth-order valence-electron chi connectivity index (χ4n) is 4.63. The van der Waals surface area contributed by atoms with E-state index in [1.165, 1.54) is 12.8 Å². The molecule has 2 aliphatic carbocycles. The topological polar surface area (TPSA) is 50.8 Å². The maximum atomic E-state index is 12.7. The Labute approximate surface area is 132 Å². The Hall–Kier alpha value is -0.810. The maximum absolute atomic E-state index is 12.7. The van der Waals surface area contributed by atoms with E-state index in [-0.39, 0.29) is 28.9 Å². The fraction of sp³-hybridized carbons (Fsp3) is 0.941. The van der Waals surface area contributed by atoms with E-state index < -0.39 is 0 Å². The highest BCUT2D eigenvalue weighted by Crippen LogP contribution is 2.47. The van der Waals surface area contributed by atoms with Gasteiger partial charge in [0.25, 0.3) is 0 Å². The largest absolute Gasteiger partial charge is 0.373 e. The van der Waals surface area contributed by atoms with Crippen molar-refractivity contribution < 1.29 is 14.3 Å². The number of ether oxygens (including phenoxy) is 2. The molecule has 0 aromatic carbocycles. The van der Waals surface area contributed by atoms with Gasteiger partial charge in [0.05, 0.1) is 42.5 Å². The number of nitrogens with one attached hydrogen (secondary N) is 1. The van der Waals surface area contributed by atoms with Crippen molar-refractivity contribution in [1.29, 1.82) is 0 Å². The number of morpholine rings is 1. The Bertz CT molecular complexity index is 467. The van der Waals surface area contributed by atoms with Crippen molar-refractivity contribution in [3.05, 3.63) is 0 Å². The number of carbonyl (C=O) groups is 1. The van der Waals surface area contributed by atoms with Gasteiger partial charge in [-0.2, -0.15) is 0 Å². The summed E-state index contributed by atoms with van der Waals surface area (Å²) in [4.78, 5) is 14.7. The number of hydrogen-bond acceptors (Lipinski definition) is 3. The van der Waals surface area contributed by atoms with Crippen LogP contribution < -0.4 is 5.32 Å². The minimum Gasteiger partial charge on any atom is -0.373 e. The van der Waals surface area contributed by atoms with Crippen LogP contribution in [0.5, 0.6) is 0 Å². The second kappa shape index (κ2) is 4.84. The van der Waals surface area contributed by atoms with E-state index in [0.29, 0.717) is 13.2 Å². The summed E-state index contributed by atoms with van der Waals surface area (Å²) < 4.78 is 12.2. The Morgan fingerprint density at radius 1 is 1.09 bits per heavy atom. The van der Waals surface area contributed by atoms with Gasteiger partial charge in [-0.15, -0.1) is 0 Å². The van der Waals surface area contributed by atoms with Crippen molar-refractivity contribution in [2.24, 2.45) is 0 Å². The molecule has 4 fully saturated rings. The summed E-state index contributed by atoms with van der Waals surface area (Å²) in [5.41, 5.74) is -0.248. The van der Waals surface area contributed by atoms with Gasteiger partial charge < -0.3 is 19.7 Å². The number of carbonyl (C=O) groups excluding carboxylic acids is 1. The molecule has 22 heavy (non-hydrogen) atoms. The third kappa shape index (κ3) is 2.73. The van der Waals surface area contributed by atoms with E-state index in [9.17, 15) is 4.79 Å². The van der Waals surface area contributed by atoms with Gasteiger partial charge in [0.1, 0.15) is 0 Å². The summed E-state index contributed by atoms with van der Waals surface area (Å²) in [6.07, 6.45) is 7.89. The fourth-order valence-corrected chi connectivity index (χ4v) is 4.63. The molecular formula is C17H28N2O3. The lowest BCUT2D eigenvalue weighted by Gasteiger charge is -2.48. The molecular weight excluding hydrogens is 280 g/mol. The number of amides is 2. The standard InChI is InChI=1S/C17H28N2O3/c1-15(2)11-19(12-17(22-15)5-3-4-6-17)14(20)18-13-9-16(7-8-16)21-10-13/h13H,3-12H2,1-2H3,(H,18,20). The Morgan fingerprint density at radius 2 is 1.82 bits per heavy atom. The van der Waals surface area contributed by atoms with Gasteiger partial charge in [-0.25, -0.2) is 4.79 Å². The van der Waals surface area contributed by atoms with Crippen LogP contribution in [0, 0.1) is 0 Å². The minimum atomic E-state index is -0.260. The third-order valence-corrected chi connectivity index (χ3v) is 5.69. The molecule has 2 spiro atoms. The van der Waals surface area contributed by atoms with Gasteiger partial charge in [0.15, 0.2) is 0 Å². The molecule has 0 aromatic rings. The zero-order valence-corrected chi connectivity index (χ0v) is 13.8. The molecule has 2 saturated heterocycles. The molecule has 0 radical (unpaired) electrons. The first-order valence-corrected chi connectivity index (χ1v) is 8.79. The van der Waals surface area contributed by atoms with Crippen LogP contribution in [0.1, 0.15) is 58.8 Å². The molecule has 2 heterocycles. The highest BCUT2D eigenvalue weighted by atomic mass is 16.5. The Morgan fingerprint density at radius 3 is 2.45 bits per heavy atom. The number of hydrogen-bond donors (Lipinski definition) is 1. The Kier molecular flexibility index (Phi) is 3.25. The zero-order valence-electron chi connectivity index (χ0n) is 13.8. The van der Waals surface area contributed by atoms with Crippen LogP contribution in [0.2, 0.25) is 0 Å². The lowest BCUT2D eigenvalue weighted by Crippen LogP contribution is -2.62. The summed E-state index contributed by atoms with van der Waals surface area (Å²) in [6.45, 7) is 6.28. The first kappa shape index (κ1) is 14.8. The van der Waals surface area contributed by atoms with Crippen LogP contribution in [0.15, 0.2) is 0 Å². The summed E-state index contributed by atoms with van der Waals surface area (Å²) in [6, 6.07) is 0.245. The first-order valence-electron chi connectivity index (χ1n) is 8.79. The van der Waals surface area contributed by atoms with E-state index in [1.807, 2.05) is 4.90 Å². The van der Waals surface area contributed by atoms with E-state index >= 15 is 0 Å². The molecule has 5 heteroatoms. The normalized spacial score (nSPS) is 34.3. The number of rotatable bonds is 1. The van der Waals surface area contributed by atoms with Gasteiger partial charge >= 0.3 is 6.03 Å². The van der Waals surface area contributed by atoms with Crippen LogP contribution in [-0.4, -0.2) is 53.5 Å². The lowest BCUT2D eigenvalue weighted by molar-refractivity contribution is -0.184. The van der Waals surface area contributed by atoms with E-state index in [4.69, 9.17) is 9.47 Å². The number of nitrogens with zero attached hydrogens (tertiary/aromatic N) is 1. The lowest BCUT2D eigenvalue weighted by atomic mass is 9.94. The molecule has 0 bridgehead atoms. The molecule has 2 aliphatic heterocycles. The van der Waals surface area contributed by atoms with E-state index in [1.54, 1.807) is 0 Å². The van der Waals surface area contributed by atoms with Crippen LogP contribution in [-0.2, 0) is 9.47 Å². The molecule has 4 rings (SSSR count). The van der Waals surface area contributed by atoms with Crippen LogP contribution >= 0.6 is 0 Å². The van der Waals surface area contributed by atoms with Crippen molar-refractivity contribution in [3.63, 3.8) is 0 Å². The first-order chi connectivity index (χ1) is 10.4. The smallest absolute Gasteiger partial charge is 0.317 e. The highest BCUT2D eigenvalue weighted by molar-refractivity contribution is 5.75. The second-order valence-corrected chi connectivity index (χ2v) is 8.45. The zero-order chi connectivity index (χ0) is 15.4. The second-order valence-electron chi connectivity index (χ2n) is 8.45. The molecule has 2 saturated carbocycles. The van der Waals surface area contributed by atoms with Crippen LogP contribution in [0.3, 0.4) is 0 Å². The molecule has 4 aliphatic rings. The quantitative estimate of drug-likeness (QED) is 0.809. The molecule has 124 valence electrons. The summed E-state index contributed by atoms with van der Waals surface area (Å²) in [7, 11) is 0. The summed E-state index contributed by atoms with van der Waals surface area (Å²) >= 11 is 0. The highest BCUT2D eigenvalue weighted by Gasteiger charge is 2.51.